The van der Waals surface area contributed by atoms with E-state index in [9.17, 15) is 4.79 Å². The van der Waals surface area contributed by atoms with Crippen LogP contribution in [0.3, 0.4) is 0 Å². The topological polar surface area (TPSA) is 34.9 Å². The van der Waals surface area contributed by atoms with Crippen LogP contribution in [0.5, 0.6) is 0 Å². The summed E-state index contributed by atoms with van der Waals surface area (Å²) in [5.41, 5.74) is 2.25. The number of nitrogens with zero attached hydrogens (tertiary/aromatic N) is 2. The second kappa shape index (κ2) is 2.98. The molecule has 14 heavy (non-hydrogen) atoms. The summed E-state index contributed by atoms with van der Waals surface area (Å²) in [6.07, 6.45) is 0. The highest BCUT2D eigenvalue weighted by Gasteiger charge is 2.09. The molecule has 68 valence electrons. The molecular formula is C10H9BN2O. The lowest BCUT2D eigenvalue weighted by molar-refractivity contribution is 0.0926. The van der Waals surface area contributed by atoms with Gasteiger partial charge in [-0.1, -0.05) is 17.6 Å². The van der Waals surface area contributed by atoms with E-state index in [1.54, 1.807) is 6.07 Å². The first-order chi connectivity index (χ1) is 6.59. The molecule has 0 aliphatic carbocycles. The van der Waals surface area contributed by atoms with E-state index in [0.717, 1.165) is 16.6 Å². The Hall–Kier alpha value is -1.58. The van der Waals surface area contributed by atoms with E-state index in [0.29, 0.717) is 5.46 Å². The van der Waals surface area contributed by atoms with Crippen LogP contribution in [0, 0.1) is 6.92 Å². The van der Waals surface area contributed by atoms with Crippen molar-refractivity contribution in [1.29, 1.82) is 0 Å². The Morgan fingerprint density at radius 3 is 2.86 bits per heavy atom. The van der Waals surface area contributed by atoms with E-state index < -0.39 is 0 Å². The Bertz CT molecular complexity index is 516. The third kappa shape index (κ3) is 1.23. The Morgan fingerprint density at radius 1 is 1.50 bits per heavy atom. The van der Waals surface area contributed by atoms with Crippen molar-refractivity contribution in [2.75, 3.05) is 0 Å². The molecule has 0 spiro atoms. The maximum Gasteiger partial charge on any atom is 0.244 e. The number of aryl methyl sites for hydroxylation is 1. The molecule has 0 saturated heterocycles. The van der Waals surface area contributed by atoms with E-state index in [2.05, 4.69) is 5.10 Å². The zero-order valence-corrected chi connectivity index (χ0v) is 8.11. The second-order valence-electron chi connectivity index (χ2n) is 3.29. The van der Waals surface area contributed by atoms with E-state index in [4.69, 9.17) is 7.85 Å². The highest BCUT2D eigenvalue weighted by Crippen LogP contribution is 2.15. The minimum absolute atomic E-state index is 0.103. The summed E-state index contributed by atoms with van der Waals surface area (Å²) in [5, 5.41) is 5.11. The van der Waals surface area contributed by atoms with Crippen LogP contribution in [0.15, 0.2) is 18.2 Å². The molecule has 0 aliphatic rings. The fourth-order valence-corrected chi connectivity index (χ4v) is 1.53. The van der Waals surface area contributed by atoms with Crippen LogP contribution in [-0.2, 0) is 0 Å². The highest BCUT2D eigenvalue weighted by molar-refractivity contribution is 6.33. The van der Waals surface area contributed by atoms with Gasteiger partial charge in [0.1, 0.15) is 7.85 Å². The lowest BCUT2D eigenvalue weighted by Crippen LogP contribution is -2.09. The Balaban J connectivity index is 2.85. The predicted molar refractivity (Wildman–Crippen MR) is 56.2 cm³/mol. The zero-order chi connectivity index (χ0) is 10.3. The summed E-state index contributed by atoms with van der Waals surface area (Å²) in [6, 6.07) is 5.45. The number of carbonyl (C=O) groups is 1. The molecule has 1 aromatic carbocycles. The van der Waals surface area contributed by atoms with E-state index in [1.165, 1.54) is 11.6 Å². The fraction of sp³-hybridized carbons (Fsp3) is 0.200. The smallest absolute Gasteiger partial charge is 0.244 e. The molecule has 0 N–H and O–H groups in total. The number of benzene rings is 1. The molecule has 0 unspecified atom stereocenters. The van der Waals surface area contributed by atoms with E-state index in [-0.39, 0.29) is 5.91 Å². The second-order valence-corrected chi connectivity index (χ2v) is 3.29. The number of fused-ring (bicyclic) bond motifs is 1. The number of hydrogen-bond donors (Lipinski definition) is 0. The molecular weight excluding hydrogens is 175 g/mol. The van der Waals surface area contributed by atoms with Crippen molar-refractivity contribution in [3.05, 3.63) is 23.9 Å². The van der Waals surface area contributed by atoms with Crippen LogP contribution in [0.25, 0.3) is 10.9 Å². The van der Waals surface area contributed by atoms with Crippen molar-refractivity contribution >= 4 is 30.1 Å². The Labute approximate surface area is 83.1 Å². The molecule has 3 nitrogen and oxygen atoms in total. The van der Waals surface area contributed by atoms with Crippen molar-refractivity contribution < 1.29 is 4.79 Å². The third-order valence-corrected chi connectivity index (χ3v) is 2.19. The molecule has 0 aliphatic heterocycles. The molecule has 2 aromatic rings. The zero-order valence-electron chi connectivity index (χ0n) is 8.11. The van der Waals surface area contributed by atoms with Gasteiger partial charge >= 0.3 is 0 Å². The fourth-order valence-electron chi connectivity index (χ4n) is 1.53. The molecule has 2 radical (unpaired) electrons. The van der Waals surface area contributed by atoms with Crippen molar-refractivity contribution in [2.45, 2.75) is 13.8 Å². The summed E-state index contributed by atoms with van der Waals surface area (Å²) < 4.78 is 1.38. The largest absolute Gasteiger partial charge is 0.273 e. The minimum atomic E-state index is -0.103. The monoisotopic (exact) mass is 184 g/mol. The standard InChI is InChI=1S/C10H9BN2O/c1-6-9-4-3-8(11)5-10(9)13(12-6)7(2)14/h3-5H,1-2H3. The van der Waals surface area contributed by atoms with E-state index >= 15 is 0 Å². The maximum atomic E-state index is 11.2. The Morgan fingerprint density at radius 2 is 2.21 bits per heavy atom. The molecule has 4 heteroatoms. The van der Waals surface area contributed by atoms with Gasteiger partial charge in [0, 0.05) is 12.3 Å². The first-order valence-corrected chi connectivity index (χ1v) is 4.35. The average molecular weight is 184 g/mol. The van der Waals surface area contributed by atoms with Crippen molar-refractivity contribution in [2.24, 2.45) is 0 Å². The maximum absolute atomic E-state index is 11.2. The molecule has 0 amide bonds. The van der Waals surface area contributed by atoms with Gasteiger partial charge in [-0.25, -0.2) is 4.68 Å². The summed E-state index contributed by atoms with van der Waals surface area (Å²) in [4.78, 5) is 11.2. The lowest BCUT2D eigenvalue weighted by Gasteiger charge is -1.97. The van der Waals surface area contributed by atoms with Crippen LogP contribution < -0.4 is 5.46 Å². The van der Waals surface area contributed by atoms with Crippen LogP contribution >= 0.6 is 0 Å². The van der Waals surface area contributed by atoms with Gasteiger partial charge in [-0.2, -0.15) is 5.10 Å². The van der Waals surface area contributed by atoms with Crippen molar-refractivity contribution in [3.63, 3.8) is 0 Å². The Kier molecular flexibility index (Phi) is 1.91. The van der Waals surface area contributed by atoms with Gasteiger partial charge in [0.15, 0.2) is 0 Å². The van der Waals surface area contributed by atoms with Gasteiger partial charge in [0.25, 0.3) is 0 Å². The van der Waals surface area contributed by atoms with Gasteiger partial charge < -0.3 is 0 Å². The summed E-state index contributed by atoms with van der Waals surface area (Å²) in [5.74, 6) is -0.103. The average Bonchev–Trinajstić information content (AvgIpc) is 2.43. The third-order valence-electron chi connectivity index (χ3n) is 2.19. The molecule has 0 bridgehead atoms. The van der Waals surface area contributed by atoms with Crippen LogP contribution in [-0.4, -0.2) is 23.5 Å². The molecule has 0 fully saturated rings. The molecule has 2 rings (SSSR count). The summed E-state index contributed by atoms with van der Waals surface area (Å²) in [7, 11) is 5.65. The first-order valence-electron chi connectivity index (χ1n) is 4.35. The van der Waals surface area contributed by atoms with Crippen molar-refractivity contribution in [3.8, 4) is 0 Å². The molecule has 1 heterocycles. The molecule has 0 saturated carbocycles. The van der Waals surface area contributed by atoms with Crippen molar-refractivity contribution in [1.82, 2.24) is 9.78 Å². The first kappa shape index (κ1) is 9.00. The summed E-state index contributed by atoms with van der Waals surface area (Å²) >= 11 is 0. The number of aromatic nitrogens is 2. The SMILES string of the molecule is [B]c1ccc2c(C)nn(C(C)=O)c2c1. The van der Waals surface area contributed by atoms with Crippen LogP contribution in [0.1, 0.15) is 17.4 Å². The molecule has 0 atom stereocenters. The number of carbonyl (C=O) groups excluding carboxylic acids is 1. The van der Waals surface area contributed by atoms with Gasteiger partial charge in [-0.05, 0) is 13.0 Å². The lowest BCUT2D eigenvalue weighted by atomic mass is 9.95. The van der Waals surface area contributed by atoms with E-state index in [1.807, 2.05) is 19.1 Å². The van der Waals surface area contributed by atoms with Gasteiger partial charge in [0.2, 0.25) is 5.91 Å². The molecule has 1 aromatic heterocycles. The minimum Gasteiger partial charge on any atom is -0.273 e. The highest BCUT2D eigenvalue weighted by atomic mass is 16.2. The van der Waals surface area contributed by atoms with Crippen LogP contribution in [0.4, 0.5) is 0 Å². The number of hydrogen-bond acceptors (Lipinski definition) is 2. The van der Waals surface area contributed by atoms with Crippen LogP contribution in [0.2, 0.25) is 0 Å². The number of rotatable bonds is 0. The van der Waals surface area contributed by atoms with Gasteiger partial charge in [-0.3, -0.25) is 4.79 Å². The van der Waals surface area contributed by atoms with Gasteiger partial charge in [0.05, 0.1) is 11.2 Å². The summed E-state index contributed by atoms with van der Waals surface area (Å²) in [6.45, 7) is 3.35. The predicted octanol–water partition coefficient (Wildman–Crippen LogP) is 0.799. The quantitative estimate of drug-likeness (QED) is 0.567. The normalized spacial score (nSPS) is 10.7. The van der Waals surface area contributed by atoms with Gasteiger partial charge in [-0.15, -0.1) is 0 Å².